The summed E-state index contributed by atoms with van der Waals surface area (Å²) in [5, 5.41) is 14.8. The van der Waals surface area contributed by atoms with E-state index in [4.69, 9.17) is 0 Å². The van der Waals surface area contributed by atoms with Gasteiger partial charge in [0.2, 0.25) is 0 Å². The Balaban J connectivity index is 2.30. The Hall–Kier alpha value is -2.22. The number of rotatable bonds is 5. The van der Waals surface area contributed by atoms with Crippen LogP contribution in [-0.4, -0.2) is 21.0 Å². The highest BCUT2D eigenvalue weighted by Crippen LogP contribution is 2.20. The molecule has 7 nitrogen and oxygen atoms in total. The summed E-state index contributed by atoms with van der Waals surface area (Å²) in [7, 11) is 0. The van der Waals surface area contributed by atoms with Crippen LogP contribution in [0.3, 0.4) is 0 Å². The van der Waals surface area contributed by atoms with E-state index in [1.54, 1.807) is 13.1 Å². The maximum atomic E-state index is 11.9. The summed E-state index contributed by atoms with van der Waals surface area (Å²) in [4.78, 5) is 27.3. The van der Waals surface area contributed by atoms with Crippen molar-refractivity contribution in [1.29, 1.82) is 0 Å². The highest BCUT2D eigenvalue weighted by Gasteiger charge is 2.14. The summed E-state index contributed by atoms with van der Waals surface area (Å²) in [5.41, 5.74) is 0.0569. The van der Waals surface area contributed by atoms with E-state index in [9.17, 15) is 14.9 Å². The van der Waals surface area contributed by atoms with Crippen molar-refractivity contribution in [2.45, 2.75) is 20.4 Å². The SMILES string of the molecule is CCNc1ncc(Cn2cc([N+](=O)[O-])c(C)cc2=O)s1. The fourth-order valence-electron chi connectivity index (χ4n) is 1.75. The lowest BCUT2D eigenvalue weighted by atomic mass is 10.2. The molecule has 0 spiro atoms. The van der Waals surface area contributed by atoms with Gasteiger partial charge in [0.25, 0.3) is 11.2 Å². The van der Waals surface area contributed by atoms with Crippen molar-refractivity contribution in [3.63, 3.8) is 0 Å². The minimum Gasteiger partial charge on any atom is -0.362 e. The van der Waals surface area contributed by atoms with E-state index >= 15 is 0 Å². The summed E-state index contributed by atoms with van der Waals surface area (Å²) >= 11 is 1.43. The molecule has 2 aromatic rings. The molecule has 0 atom stereocenters. The first-order valence-electron chi connectivity index (χ1n) is 6.05. The van der Waals surface area contributed by atoms with Gasteiger partial charge in [-0.05, 0) is 13.8 Å². The molecule has 0 aliphatic heterocycles. The number of anilines is 1. The molecule has 106 valence electrons. The first kappa shape index (κ1) is 14.2. The summed E-state index contributed by atoms with van der Waals surface area (Å²) in [6, 6.07) is 1.28. The molecule has 0 aliphatic carbocycles. The van der Waals surface area contributed by atoms with Crippen molar-refractivity contribution < 1.29 is 4.92 Å². The largest absolute Gasteiger partial charge is 0.362 e. The van der Waals surface area contributed by atoms with Crippen LogP contribution in [0, 0.1) is 17.0 Å². The Bertz CT molecular complexity index is 692. The van der Waals surface area contributed by atoms with E-state index in [1.165, 1.54) is 28.2 Å². The molecule has 8 heteroatoms. The minimum atomic E-state index is -0.484. The van der Waals surface area contributed by atoms with Gasteiger partial charge < -0.3 is 9.88 Å². The summed E-state index contributed by atoms with van der Waals surface area (Å²) in [5.74, 6) is 0. The zero-order chi connectivity index (χ0) is 14.7. The maximum Gasteiger partial charge on any atom is 0.288 e. The van der Waals surface area contributed by atoms with E-state index in [1.807, 2.05) is 6.92 Å². The molecule has 20 heavy (non-hydrogen) atoms. The lowest BCUT2D eigenvalue weighted by Crippen LogP contribution is -2.20. The average Bonchev–Trinajstić information content (AvgIpc) is 2.80. The van der Waals surface area contributed by atoms with Gasteiger partial charge in [0.15, 0.2) is 5.13 Å². The Morgan fingerprint density at radius 2 is 2.30 bits per heavy atom. The van der Waals surface area contributed by atoms with E-state index < -0.39 is 4.92 Å². The monoisotopic (exact) mass is 294 g/mol. The van der Waals surface area contributed by atoms with Gasteiger partial charge in [-0.1, -0.05) is 0 Å². The number of thiazole rings is 1. The first-order valence-corrected chi connectivity index (χ1v) is 6.87. The zero-order valence-electron chi connectivity index (χ0n) is 11.1. The van der Waals surface area contributed by atoms with Gasteiger partial charge in [0.05, 0.1) is 17.7 Å². The Labute approximate surface area is 119 Å². The zero-order valence-corrected chi connectivity index (χ0v) is 11.9. The van der Waals surface area contributed by atoms with Gasteiger partial charge in [-0.15, -0.1) is 11.3 Å². The normalized spacial score (nSPS) is 10.5. The minimum absolute atomic E-state index is 0.0546. The molecule has 0 fully saturated rings. The number of nitro groups is 1. The third-order valence-corrected chi connectivity index (χ3v) is 3.65. The maximum absolute atomic E-state index is 11.9. The second kappa shape index (κ2) is 5.83. The van der Waals surface area contributed by atoms with Crippen LogP contribution in [0.1, 0.15) is 17.4 Å². The number of nitrogens with zero attached hydrogens (tertiary/aromatic N) is 3. The molecule has 0 saturated carbocycles. The van der Waals surface area contributed by atoms with Gasteiger partial charge in [-0.25, -0.2) is 4.98 Å². The molecule has 0 saturated heterocycles. The molecule has 2 aromatic heterocycles. The predicted molar refractivity (Wildman–Crippen MR) is 77.5 cm³/mol. The van der Waals surface area contributed by atoms with Gasteiger partial charge in [0.1, 0.15) is 0 Å². The number of hydrogen-bond donors (Lipinski definition) is 1. The number of pyridine rings is 1. The molecule has 2 rings (SSSR count). The van der Waals surface area contributed by atoms with Crippen molar-refractivity contribution in [2.24, 2.45) is 0 Å². The van der Waals surface area contributed by atoms with Crippen LogP contribution < -0.4 is 10.9 Å². The summed E-state index contributed by atoms with van der Waals surface area (Å²) in [6.07, 6.45) is 2.95. The van der Waals surface area contributed by atoms with Crippen LogP contribution in [0.5, 0.6) is 0 Å². The lowest BCUT2D eigenvalue weighted by Gasteiger charge is -2.04. The molecular formula is C12H14N4O3S. The first-order chi connectivity index (χ1) is 9.51. The van der Waals surface area contributed by atoms with Crippen molar-refractivity contribution >= 4 is 22.2 Å². The molecule has 0 unspecified atom stereocenters. The Kier molecular flexibility index (Phi) is 4.14. The molecule has 1 N–H and O–H groups in total. The molecule has 0 aromatic carbocycles. The molecule has 0 amide bonds. The highest BCUT2D eigenvalue weighted by atomic mass is 32.1. The van der Waals surface area contributed by atoms with Crippen LogP contribution >= 0.6 is 11.3 Å². The second-order valence-corrected chi connectivity index (χ2v) is 5.34. The predicted octanol–water partition coefficient (Wildman–Crippen LogP) is 2.00. The number of nitrogens with one attached hydrogen (secondary N) is 1. The molecular weight excluding hydrogens is 280 g/mol. The van der Waals surface area contributed by atoms with Crippen molar-refractivity contribution in [3.05, 3.63) is 49.4 Å². The third-order valence-electron chi connectivity index (χ3n) is 2.71. The van der Waals surface area contributed by atoms with Gasteiger partial charge in [-0.2, -0.15) is 0 Å². The fourth-order valence-corrected chi connectivity index (χ4v) is 2.63. The topological polar surface area (TPSA) is 90.1 Å². The summed E-state index contributed by atoms with van der Waals surface area (Å²) in [6.45, 7) is 4.57. The van der Waals surface area contributed by atoms with Gasteiger partial charge in [0, 0.05) is 29.2 Å². The molecule has 0 aliphatic rings. The number of aryl methyl sites for hydroxylation is 1. The van der Waals surface area contributed by atoms with E-state index in [2.05, 4.69) is 10.3 Å². The quantitative estimate of drug-likeness (QED) is 0.673. The van der Waals surface area contributed by atoms with Crippen LogP contribution in [-0.2, 0) is 6.54 Å². The Morgan fingerprint density at radius 1 is 1.55 bits per heavy atom. The second-order valence-electron chi connectivity index (χ2n) is 4.23. The van der Waals surface area contributed by atoms with Crippen LogP contribution in [0.2, 0.25) is 0 Å². The van der Waals surface area contributed by atoms with Gasteiger partial charge >= 0.3 is 0 Å². The average molecular weight is 294 g/mol. The summed E-state index contributed by atoms with van der Waals surface area (Å²) < 4.78 is 1.33. The highest BCUT2D eigenvalue weighted by molar-refractivity contribution is 7.15. The van der Waals surface area contributed by atoms with Gasteiger partial charge in [-0.3, -0.25) is 14.9 Å². The van der Waals surface area contributed by atoms with Crippen LogP contribution in [0.4, 0.5) is 10.8 Å². The molecule has 0 bridgehead atoms. The number of aromatic nitrogens is 2. The fraction of sp³-hybridized carbons (Fsp3) is 0.333. The van der Waals surface area contributed by atoms with Crippen LogP contribution in [0.15, 0.2) is 23.3 Å². The van der Waals surface area contributed by atoms with Crippen molar-refractivity contribution in [1.82, 2.24) is 9.55 Å². The molecule has 0 radical (unpaired) electrons. The van der Waals surface area contributed by atoms with E-state index in [0.717, 1.165) is 16.6 Å². The molecule has 2 heterocycles. The van der Waals surface area contributed by atoms with E-state index in [0.29, 0.717) is 5.56 Å². The van der Waals surface area contributed by atoms with E-state index in [-0.39, 0.29) is 17.8 Å². The lowest BCUT2D eigenvalue weighted by molar-refractivity contribution is -0.385. The van der Waals surface area contributed by atoms with Crippen LogP contribution in [0.25, 0.3) is 0 Å². The Morgan fingerprint density at radius 3 is 2.95 bits per heavy atom. The standard InChI is InChI=1S/C12H14N4O3S/c1-3-13-12-14-5-9(20-12)6-15-7-10(16(18)19)8(2)4-11(15)17/h4-5,7H,3,6H2,1-2H3,(H,13,14). The van der Waals surface area contributed by atoms with Crippen molar-refractivity contribution in [2.75, 3.05) is 11.9 Å². The smallest absolute Gasteiger partial charge is 0.288 e. The third kappa shape index (κ3) is 3.02. The van der Waals surface area contributed by atoms with Crippen molar-refractivity contribution in [3.8, 4) is 0 Å². The number of hydrogen-bond acceptors (Lipinski definition) is 6.